The molecule has 0 aliphatic heterocycles. The van der Waals surface area contributed by atoms with Gasteiger partial charge in [-0.15, -0.1) is 0 Å². The molecular weight excluding hydrogens is 661 g/mol. The van der Waals surface area contributed by atoms with E-state index in [9.17, 15) is 14.4 Å². The molecule has 0 bridgehead atoms. The number of hydrogen-bond acceptors (Lipinski definition) is 5. The number of carbonyl (C=O) groups excluding carboxylic acids is 4. The van der Waals surface area contributed by atoms with Crippen LogP contribution in [0.4, 0.5) is 0 Å². The number of carbonyl (C=O) groups is 4. The highest BCUT2D eigenvalue weighted by Crippen LogP contribution is 2.78. The molecule has 53 heavy (non-hydrogen) atoms. The molecule has 0 radical (unpaired) electrons. The fourth-order valence-electron chi connectivity index (χ4n) is 15.0. The van der Waals surface area contributed by atoms with Crippen LogP contribution in [0.15, 0.2) is 42.6 Å². The second-order valence-electron chi connectivity index (χ2n) is 19.5. The van der Waals surface area contributed by atoms with Crippen molar-refractivity contribution in [3.05, 3.63) is 48.2 Å². The van der Waals surface area contributed by atoms with Crippen molar-refractivity contribution in [1.29, 1.82) is 0 Å². The molecule has 7 nitrogen and oxygen atoms in total. The van der Waals surface area contributed by atoms with Gasteiger partial charge in [-0.3, -0.25) is 9.59 Å². The third-order valence-corrected chi connectivity index (χ3v) is 17.4. The summed E-state index contributed by atoms with van der Waals surface area (Å²) < 4.78 is 5.30. The van der Waals surface area contributed by atoms with E-state index in [1.165, 1.54) is 12.7 Å². The average molecular weight is 725 g/mol. The number of esters is 1. The maximum Gasteiger partial charge on any atom is 0.328 e. The fourth-order valence-corrected chi connectivity index (χ4v) is 15.0. The predicted octanol–water partition coefficient (Wildman–Crippen LogP) is 9.19. The number of amides is 1. The first-order valence-corrected chi connectivity index (χ1v) is 20.6. The Bertz CT molecular complexity index is 1830. The Morgan fingerprint density at radius 1 is 0.887 bits per heavy atom. The van der Waals surface area contributed by atoms with E-state index in [1.54, 1.807) is 13.8 Å². The van der Waals surface area contributed by atoms with Gasteiger partial charge in [-0.25, -0.2) is 4.79 Å². The van der Waals surface area contributed by atoms with E-state index in [2.05, 4.69) is 51.5 Å². The van der Waals surface area contributed by atoms with Gasteiger partial charge in [0.05, 0.1) is 12.5 Å². The highest BCUT2D eigenvalue weighted by atomic mass is 16.5. The van der Waals surface area contributed by atoms with Crippen molar-refractivity contribution in [2.75, 3.05) is 7.11 Å². The maximum absolute atomic E-state index is 15.0. The highest BCUT2D eigenvalue weighted by Gasteiger charge is 2.72. The van der Waals surface area contributed by atoms with Crippen LogP contribution in [0.3, 0.4) is 0 Å². The van der Waals surface area contributed by atoms with E-state index in [-0.39, 0.29) is 56.9 Å². The molecule has 5 aliphatic carbocycles. The predicted molar refractivity (Wildman–Crippen MR) is 209 cm³/mol. The lowest BCUT2D eigenvalue weighted by atomic mass is 9.31. The summed E-state index contributed by atoms with van der Waals surface area (Å²) in [5.74, 6) is 1.55. The third kappa shape index (κ3) is 5.54. The van der Waals surface area contributed by atoms with Gasteiger partial charge in [-0.05, 0) is 148 Å². The topological polar surface area (TPSA) is 105 Å². The quantitative estimate of drug-likeness (QED) is 0.198. The van der Waals surface area contributed by atoms with Crippen molar-refractivity contribution in [2.24, 2.45) is 62.6 Å². The molecule has 2 aromatic rings. The minimum absolute atomic E-state index is 0.00837. The molecule has 1 heterocycles. The van der Waals surface area contributed by atoms with Crippen LogP contribution in [-0.2, 0) is 30.3 Å². The summed E-state index contributed by atoms with van der Waals surface area (Å²) in [5.41, 5.74) is 2.41. The summed E-state index contributed by atoms with van der Waals surface area (Å²) in [6, 6.07) is 7.27. The van der Waals surface area contributed by atoms with E-state index in [4.69, 9.17) is 4.74 Å². The van der Waals surface area contributed by atoms with Crippen LogP contribution in [0.2, 0.25) is 0 Å². The molecule has 2 N–H and O–H groups in total. The number of aromatic amines is 1. The van der Waals surface area contributed by atoms with Crippen LogP contribution in [0.1, 0.15) is 125 Å². The van der Waals surface area contributed by atoms with Crippen molar-refractivity contribution in [1.82, 2.24) is 10.3 Å². The molecular formula is C46H64N2O5. The first kappa shape index (κ1) is 38.1. The second-order valence-corrected chi connectivity index (χ2v) is 19.5. The van der Waals surface area contributed by atoms with Crippen LogP contribution < -0.4 is 5.32 Å². The van der Waals surface area contributed by atoms with Crippen molar-refractivity contribution >= 4 is 34.3 Å². The molecule has 5 aliphatic rings. The van der Waals surface area contributed by atoms with E-state index in [0.717, 1.165) is 80.7 Å². The van der Waals surface area contributed by atoms with E-state index < -0.39 is 17.4 Å². The number of ketones is 2. The summed E-state index contributed by atoms with van der Waals surface area (Å²) in [6.07, 6.45) is 12.5. The zero-order valence-corrected chi connectivity index (χ0v) is 33.7. The molecule has 1 aromatic heterocycles. The van der Waals surface area contributed by atoms with Gasteiger partial charge in [-0.2, -0.15) is 0 Å². The normalized spacial score (nSPS) is 40.9. The van der Waals surface area contributed by atoms with Gasteiger partial charge in [0.25, 0.3) is 0 Å². The Morgan fingerprint density at radius 3 is 2.30 bits per heavy atom. The summed E-state index contributed by atoms with van der Waals surface area (Å²) in [7, 11) is 1.40. The Labute approximate surface area is 317 Å². The number of rotatable bonds is 9. The first-order chi connectivity index (χ1) is 25.0. The van der Waals surface area contributed by atoms with Gasteiger partial charge < -0.3 is 19.8 Å². The van der Waals surface area contributed by atoms with Crippen LogP contribution in [0, 0.1) is 62.6 Å². The molecule has 1 amide bonds. The van der Waals surface area contributed by atoms with Gasteiger partial charge in [0.1, 0.15) is 17.6 Å². The van der Waals surface area contributed by atoms with Gasteiger partial charge in [0, 0.05) is 35.9 Å². The summed E-state index contributed by atoms with van der Waals surface area (Å²) in [4.78, 5) is 57.6. The Balaban J connectivity index is 1.21. The number of hydrogen-bond donors (Lipinski definition) is 2. The number of aromatic nitrogens is 1. The van der Waals surface area contributed by atoms with Gasteiger partial charge in [0.2, 0.25) is 5.91 Å². The molecule has 1 aromatic carbocycles. The fraction of sp³-hybridized carbons (Fsp3) is 0.696. The standard InChI is InChI=1S/C46H64N2O5/c1-27(2)31-16-21-46(41(52)48-36(40(51)53-9)24-30-26-47-35-13-11-10-12-32(30)35)23-22-44(7)34(39(31)46)14-15-38-42(5)19-17-33(29(4)50)43(6,25-28(3)49)37(42)18-20-45(38,44)8/h10-13,26,31,33-34,36-39,47H,1,14-25H2,2-9H3,(H,48,52)/t31-,33+,34?,36?,37?,38?,39?,42-,43+,44+,45+,46-/m0/s1. The summed E-state index contributed by atoms with van der Waals surface area (Å²) in [6.45, 7) is 20.0. The smallest absolute Gasteiger partial charge is 0.328 e. The zero-order valence-electron chi connectivity index (χ0n) is 33.7. The molecule has 5 fully saturated rings. The Hall–Kier alpha value is -3.22. The Kier molecular flexibility index (Phi) is 9.50. The highest BCUT2D eigenvalue weighted by molar-refractivity contribution is 5.90. The van der Waals surface area contributed by atoms with Gasteiger partial charge in [0.15, 0.2) is 0 Å². The van der Waals surface area contributed by atoms with E-state index in [1.807, 2.05) is 30.5 Å². The van der Waals surface area contributed by atoms with Crippen molar-refractivity contribution in [3.63, 3.8) is 0 Å². The molecule has 5 saturated carbocycles. The van der Waals surface area contributed by atoms with Crippen molar-refractivity contribution in [2.45, 2.75) is 132 Å². The largest absolute Gasteiger partial charge is 0.467 e. The number of fused-ring (bicyclic) bond motifs is 8. The number of nitrogens with one attached hydrogen (secondary N) is 2. The van der Waals surface area contributed by atoms with E-state index in [0.29, 0.717) is 30.6 Å². The minimum Gasteiger partial charge on any atom is -0.467 e. The molecule has 288 valence electrons. The summed E-state index contributed by atoms with van der Waals surface area (Å²) in [5, 5.41) is 4.35. The molecule has 7 rings (SSSR count). The van der Waals surface area contributed by atoms with Crippen molar-refractivity contribution in [3.8, 4) is 0 Å². The van der Waals surface area contributed by atoms with Gasteiger partial charge in [-0.1, -0.05) is 58.0 Å². The van der Waals surface area contributed by atoms with Gasteiger partial charge >= 0.3 is 5.97 Å². The summed E-state index contributed by atoms with van der Waals surface area (Å²) >= 11 is 0. The average Bonchev–Trinajstić information content (AvgIpc) is 3.70. The lowest BCUT2D eigenvalue weighted by Crippen LogP contribution is -2.67. The maximum atomic E-state index is 15.0. The van der Waals surface area contributed by atoms with E-state index >= 15 is 4.79 Å². The minimum atomic E-state index is -0.781. The number of H-pyrrole nitrogens is 1. The first-order valence-electron chi connectivity index (χ1n) is 20.6. The van der Waals surface area contributed by atoms with Crippen LogP contribution >= 0.6 is 0 Å². The number of Topliss-reactive ketones (excluding diaryl/α,β-unsaturated/α-hetero) is 2. The molecule has 12 atom stereocenters. The number of para-hydroxylation sites is 1. The van der Waals surface area contributed by atoms with Crippen LogP contribution in [0.5, 0.6) is 0 Å². The SMILES string of the molecule is C=C(C)[C@@H]1CC[C@]2(C(=O)NC(Cc3c[nH]c4ccccc34)C(=O)OC)CC[C@]3(C)C(CCC4[C@@]5(C)CC[C@H](C(C)=O)[C@@](C)(CC(C)=O)C5CC[C@]43C)C12. The van der Waals surface area contributed by atoms with Crippen molar-refractivity contribution < 1.29 is 23.9 Å². The lowest BCUT2D eigenvalue weighted by molar-refractivity contribution is -0.242. The molecule has 0 spiro atoms. The molecule has 0 saturated heterocycles. The Morgan fingerprint density at radius 2 is 1.62 bits per heavy atom. The van der Waals surface area contributed by atoms with Crippen LogP contribution in [-0.4, -0.2) is 41.6 Å². The number of methoxy groups -OCH3 is 1. The molecule has 7 heteroatoms. The molecule has 5 unspecified atom stereocenters. The van der Waals surface area contributed by atoms with Crippen LogP contribution in [0.25, 0.3) is 10.9 Å². The third-order valence-electron chi connectivity index (χ3n) is 17.4. The number of ether oxygens (including phenoxy) is 1. The zero-order chi connectivity index (χ0) is 38.3. The monoisotopic (exact) mass is 724 g/mol. The lowest BCUT2D eigenvalue weighted by Gasteiger charge is -2.73. The number of benzene rings is 1. The number of allylic oxidation sites excluding steroid dienone is 1. The second kappa shape index (κ2) is 13.2.